The highest BCUT2D eigenvalue weighted by Crippen LogP contribution is 2.12. The minimum atomic E-state index is -0.181. The molecule has 1 unspecified atom stereocenters. The van der Waals surface area contributed by atoms with Crippen LogP contribution < -0.4 is 5.43 Å². The standard InChI is InChI=1S/C10H9N5O/c1-2-7(16-5-1)6-12-8-3-4-11-10-9(8)13-15-14-10/h1-5,9H,6H2,(H,11,13,14). The third kappa shape index (κ3) is 1.54. The second-order valence-corrected chi connectivity index (χ2v) is 3.38. The number of hydrogen-bond acceptors (Lipinski definition) is 6. The molecule has 0 amide bonds. The molecule has 0 aromatic carbocycles. The normalized spacial score (nSPS) is 24.4. The Morgan fingerprint density at radius 1 is 1.50 bits per heavy atom. The van der Waals surface area contributed by atoms with Crippen LogP contribution in [0.15, 0.2) is 55.4 Å². The molecule has 3 rings (SSSR count). The van der Waals surface area contributed by atoms with Gasteiger partial charge in [-0.25, -0.2) is 10.4 Å². The van der Waals surface area contributed by atoms with Gasteiger partial charge < -0.3 is 4.42 Å². The summed E-state index contributed by atoms with van der Waals surface area (Å²) in [6.45, 7) is 0.506. The van der Waals surface area contributed by atoms with Crippen LogP contribution in [0.25, 0.3) is 0 Å². The van der Waals surface area contributed by atoms with Crippen molar-refractivity contribution in [1.29, 1.82) is 0 Å². The predicted octanol–water partition coefficient (Wildman–Crippen LogP) is 1.49. The number of aliphatic imine (C=N–C) groups is 2. The molecule has 2 aliphatic rings. The number of furan rings is 1. The van der Waals surface area contributed by atoms with Crippen molar-refractivity contribution in [2.75, 3.05) is 0 Å². The van der Waals surface area contributed by atoms with Gasteiger partial charge in [0, 0.05) is 6.20 Å². The van der Waals surface area contributed by atoms with E-state index in [1.807, 2.05) is 18.2 Å². The van der Waals surface area contributed by atoms with Gasteiger partial charge >= 0.3 is 0 Å². The Kier molecular flexibility index (Phi) is 2.10. The Labute approximate surface area is 91.5 Å². The first-order valence-corrected chi connectivity index (χ1v) is 4.90. The minimum absolute atomic E-state index is 0.181. The second kappa shape index (κ2) is 3.73. The third-order valence-corrected chi connectivity index (χ3v) is 2.33. The summed E-state index contributed by atoms with van der Waals surface area (Å²) in [6, 6.07) is 3.55. The summed E-state index contributed by atoms with van der Waals surface area (Å²) >= 11 is 0. The van der Waals surface area contributed by atoms with E-state index in [2.05, 4.69) is 25.7 Å². The largest absolute Gasteiger partial charge is 0.467 e. The van der Waals surface area contributed by atoms with Gasteiger partial charge in [-0.3, -0.25) is 4.99 Å². The summed E-state index contributed by atoms with van der Waals surface area (Å²) in [5.41, 5.74) is 3.58. The monoisotopic (exact) mass is 215 g/mol. The van der Waals surface area contributed by atoms with Crippen molar-refractivity contribution in [3.8, 4) is 0 Å². The molecule has 0 saturated heterocycles. The van der Waals surface area contributed by atoms with E-state index in [0.29, 0.717) is 6.54 Å². The smallest absolute Gasteiger partial charge is 0.173 e. The molecule has 80 valence electrons. The third-order valence-electron chi connectivity index (χ3n) is 2.33. The quantitative estimate of drug-likeness (QED) is 0.811. The van der Waals surface area contributed by atoms with Crippen molar-refractivity contribution in [1.82, 2.24) is 5.43 Å². The fourth-order valence-electron chi connectivity index (χ4n) is 1.55. The van der Waals surface area contributed by atoms with Crippen molar-refractivity contribution in [3.63, 3.8) is 0 Å². The van der Waals surface area contributed by atoms with Crippen LogP contribution in [0, 0.1) is 0 Å². The molecule has 1 aromatic rings. The van der Waals surface area contributed by atoms with Crippen LogP contribution in [-0.2, 0) is 6.54 Å². The number of rotatable bonds is 2. The molecular formula is C10H9N5O. The van der Waals surface area contributed by atoms with E-state index < -0.39 is 0 Å². The van der Waals surface area contributed by atoms with Gasteiger partial charge in [-0.15, -0.1) is 0 Å². The molecule has 1 aromatic heterocycles. The maximum absolute atomic E-state index is 5.20. The summed E-state index contributed by atoms with van der Waals surface area (Å²) in [6.07, 6.45) is 5.16. The minimum Gasteiger partial charge on any atom is -0.467 e. The Balaban J connectivity index is 1.80. The molecule has 3 heterocycles. The van der Waals surface area contributed by atoms with Gasteiger partial charge in [0.15, 0.2) is 11.9 Å². The van der Waals surface area contributed by atoms with Gasteiger partial charge in [-0.2, -0.15) is 5.11 Å². The van der Waals surface area contributed by atoms with Crippen molar-refractivity contribution in [3.05, 3.63) is 36.4 Å². The van der Waals surface area contributed by atoms with Crippen molar-refractivity contribution < 1.29 is 4.42 Å². The lowest BCUT2D eigenvalue weighted by atomic mass is 10.1. The van der Waals surface area contributed by atoms with Gasteiger partial charge in [-0.05, 0) is 18.2 Å². The van der Waals surface area contributed by atoms with Crippen molar-refractivity contribution in [2.24, 2.45) is 20.3 Å². The summed E-state index contributed by atoms with van der Waals surface area (Å²) < 4.78 is 5.20. The zero-order chi connectivity index (χ0) is 10.8. The van der Waals surface area contributed by atoms with E-state index in [1.165, 1.54) is 0 Å². The molecule has 1 atom stereocenters. The van der Waals surface area contributed by atoms with Gasteiger partial charge in [0.05, 0.1) is 18.5 Å². The van der Waals surface area contributed by atoms with E-state index in [9.17, 15) is 0 Å². The fraction of sp³-hybridized carbons (Fsp3) is 0.200. The molecule has 0 aliphatic carbocycles. The molecule has 2 aliphatic heterocycles. The Bertz CT molecular complexity index is 497. The summed E-state index contributed by atoms with van der Waals surface area (Å²) in [5.74, 6) is 1.55. The molecule has 0 spiro atoms. The zero-order valence-corrected chi connectivity index (χ0v) is 8.37. The Morgan fingerprint density at radius 2 is 2.50 bits per heavy atom. The number of hydrogen-bond donors (Lipinski definition) is 1. The van der Waals surface area contributed by atoms with Crippen LogP contribution in [0.3, 0.4) is 0 Å². The molecule has 1 N–H and O–H groups in total. The van der Waals surface area contributed by atoms with Crippen LogP contribution in [0.1, 0.15) is 5.76 Å². The van der Waals surface area contributed by atoms with E-state index in [-0.39, 0.29) is 6.04 Å². The van der Waals surface area contributed by atoms with Gasteiger partial charge in [0.2, 0.25) is 0 Å². The lowest BCUT2D eigenvalue weighted by Gasteiger charge is -2.09. The first kappa shape index (κ1) is 9.02. The Hall–Kier alpha value is -2.24. The maximum atomic E-state index is 5.20. The van der Waals surface area contributed by atoms with Crippen LogP contribution in [0.2, 0.25) is 0 Å². The van der Waals surface area contributed by atoms with Gasteiger partial charge in [-0.1, -0.05) is 5.22 Å². The number of fused-ring (bicyclic) bond motifs is 1. The molecule has 0 fully saturated rings. The molecule has 0 radical (unpaired) electrons. The highest BCUT2D eigenvalue weighted by molar-refractivity contribution is 6.17. The average Bonchev–Trinajstić information content (AvgIpc) is 2.97. The predicted molar refractivity (Wildman–Crippen MR) is 58.2 cm³/mol. The average molecular weight is 215 g/mol. The zero-order valence-electron chi connectivity index (χ0n) is 8.37. The van der Waals surface area contributed by atoms with E-state index in [0.717, 1.165) is 17.3 Å². The summed E-state index contributed by atoms with van der Waals surface area (Å²) in [7, 11) is 0. The highest BCUT2D eigenvalue weighted by Gasteiger charge is 2.26. The van der Waals surface area contributed by atoms with Crippen molar-refractivity contribution >= 4 is 11.5 Å². The van der Waals surface area contributed by atoms with Gasteiger partial charge in [0.25, 0.3) is 0 Å². The highest BCUT2D eigenvalue weighted by atomic mass is 16.3. The van der Waals surface area contributed by atoms with Crippen LogP contribution >= 0.6 is 0 Å². The van der Waals surface area contributed by atoms with Gasteiger partial charge in [0.1, 0.15) is 5.76 Å². The number of nitrogens with zero attached hydrogens (tertiary/aromatic N) is 4. The van der Waals surface area contributed by atoms with E-state index >= 15 is 0 Å². The molecule has 6 heteroatoms. The first-order valence-electron chi connectivity index (χ1n) is 4.90. The summed E-state index contributed by atoms with van der Waals surface area (Å²) in [5, 5.41) is 7.73. The molecule has 0 bridgehead atoms. The van der Waals surface area contributed by atoms with Crippen LogP contribution in [0.5, 0.6) is 0 Å². The fourth-order valence-corrected chi connectivity index (χ4v) is 1.55. The first-order chi connectivity index (χ1) is 7.93. The van der Waals surface area contributed by atoms with Crippen LogP contribution in [-0.4, -0.2) is 17.6 Å². The summed E-state index contributed by atoms with van der Waals surface area (Å²) in [4.78, 5) is 8.55. The van der Waals surface area contributed by atoms with E-state index in [1.54, 1.807) is 12.5 Å². The second-order valence-electron chi connectivity index (χ2n) is 3.38. The maximum Gasteiger partial charge on any atom is 0.173 e. The lowest BCUT2D eigenvalue weighted by molar-refractivity contribution is 0.512. The topological polar surface area (TPSA) is 74.6 Å². The van der Waals surface area contributed by atoms with E-state index in [4.69, 9.17) is 4.42 Å². The molecule has 0 saturated carbocycles. The molecule has 6 nitrogen and oxygen atoms in total. The number of nitrogens with one attached hydrogen (secondary N) is 1. The lowest BCUT2D eigenvalue weighted by Crippen LogP contribution is -2.32. The Morgan fingerprint density at radius 3 is 3.38 bits per heavy atom. The SMILES string of the molecule is C1=CC(=NCc2ccco2)C2N=NNC2=N1. The van der Waals surface area contributed by atoms with Crippen LogP contribution in [0.4, 0.5) is 0 Å². The number of amidine groups is 1. The van der Waals surface area contributed by atoms with Crippen molar-refractivity contribution in [2.45, 2.75) is 12.6 Å². The molecule has 16 heavy (non-hydrogen) atoms. The molecular weight excluding hydrogens is 206 g/mol.